The van der Waals surface area contributed by atoms with Gasteiger partial charge in [-0.05, 0) is 96.1 Å². The maximum atomic E-state index is 10.2. The standard InChI is InChI=1S/C32H37IN2O5/c33-25-9-5-4-8-24(25)16-32(19-34)37-18-26-28(39-32)27(35)29(36-17-20-6-2-1-3-7-20)30(38-26)40-31-13-21-10-22(14-31)12-23(11-21)15-31/h1-9,21-23,26-30H,10-18,35H2/t21?,22?,23?,26-,27+,28-,29+,30+,31?,32+/m1/s1. The molecule has 8 rings (SSSR count). The van der Waals surface area contributed by atoms with E-state index < -0.39 is 36.4 Å². The summed E-state index contributed by atoms with van der Waals surface area (Å²) in [7, 11) is 0. The van der Waals surface area contributed by atoms with E-state index in [1.54, 1.807) is 0 Å². The molecular weight excluding hydrogens is 619 g/mol. The first kappa shape index (κ1) is 27.3. The second-order valence-corrected chi connectivity index (χ2v) is 13.8. The molecule has 0 unspecified atom stereocenters. The van der Waals surface area contributed by atoms with Crippen LogP contribution in [0.4, 0.5) is 0 Å². The van der Waals surface area contributed by atoms with Crippen molar-refractivity contribution in [1.82, 2.24) is 0 Å². The summed E-state index contributed by atoms with van der Waals surface area (Å²) in [5.41, 5.74) is 8.86. The smallest absolute Gasteiger partial charge is 0.264 e. The van der Waals surface area contributed by atoms with E-state index in [9.17, 15) is 5.26 Å². The Morgan fingerprint density at radius 1 is 0.975 bits per heavy atom. The number of halogens is 1. The van der Waals surface area contributed by atoms with Gasteiger partial charge in [-0.1, -0.05) is 48.5 Å². The molecule has 0 radical (unpaired) electrons. The zero-order valence-electron chi connectivity index (χ0n) is 22.6. The van der Waals surface area contributed by atoms with Crippen molar-refractivity contribution in [2.24, 2.45) is 23.5 Å². The molecule has 212 valence electrons. The van der Waals surface area contributed by atoms with Crippen LogP contribution in [-0.2, 0) is 36.7 Å². The molecule has 2 saturated heterocycles. The maximum absolute atomic E-state index is 10.2. The summed E-state index contributed by atoms with van der Waals surface area (Å²) >= 11 is 2.28. The van der Waals surface area contributed by atoms with Crippen molar-refractivity contribution in [3.8, 4) is 6.07 Å². The topological polar surface area (TPSA) is 96.0 Å². The summed E-state index contributed by atoms with van der Waals surface area (Å²) in [6.07, 6.45) is 5.43. The monoisotopic (exact) mass is 656 g/mol. The number of ether oxygens (including phenoxy) is 5. The lowest BCUT2D eigenvalue weighted by Crippen LogP contribution is -2.70. The molecule has 0 spiro atoms. The van der Waals surface area contributed by atoms with Gasteiger partial charge < -0.3 is 29.4 Å². The first-order valence-corrected chi connectivity index (χ1v) is 15.7. The van der Waals surface area contributed by atoms with Crippen LogP contribution in [0.5, 0.6) is 0 Å². The molecule has 4 aliphatic carbocycles. The fourth-order valence-corrected chi connectivity index (χ4v) is 8.84. The normalized spacial score (nSPS) is 41.8. The van der Waals surface area contributed by atoms with E-state index in [1.165, 1.54) is 19.3 Å². The Labute approximate surface area is 249 Å². The van der Waals surface area contributed by atoms with Crippen molar-refractivity contribution in [2.75, 3.05) is 6.61 Å². The van der Waals surface area contributed by atoms with Gasteiger partial charge in [-0.15, -0.1) is 0 Å². The Bertz CT molecular complexity index is 1220. The highest BCUT2D eigenvalue weighted by Crippen LogP contribution is 2.58. The molecule has 6 atom stereocenters. The third-order valence-electron chi connectivity index (χ3n) is 9.69. The number of nitrogens with zero attached hydrogens (tertiary/aromatic N) is 1. The summed E-state index contributed by atoms with van der Waals surface area (Å²) in [6.45, 7) is 0.601. The van der Waals surface area contributed by atoms with Crippen molar-refractivity contribution in [3.63, 3.8) is 0 Å². The van der Waals surface area contributed by atoms with Gasteiger partial charge in [-0.2, -0.15) is 5.26 Å². The molecule has 7 nitrogen and oxygen atoms in total. The van der Waals surface area contributed by atoms with Crippen LogP contribution >= 0.6 is 22.6 Å². The van der Waals surface area contributed by atoms with E-state index in [1.807, 2.05) is 54.6 Å². The average molecular weight is 657 g/mol. The van der Waals surface area contributed by atoms with Crippen molar-refractivity contribution in [2.45, 2.75) is 93.6 Å². The van der Waals surface area contributed by atoms with Crippen LogP contribution in [0.3, 0.4) is 0 Å². The molecule has 4 bridgehead atoms. The molecule has 0 aromatic heterocycles. The zero-order valence-corrected chi connectivity index (χ0v) is 24.8. The molecule has 8 heteroatoms. The van der Waals surface area contributed by atoms with Crippen molar-refractivity contribution in [3.05, 3.63) is 69.3 Å². The van der Waals surface area contributed by atoms with Gasteiger partial charge in [0, 0.05) is 9.99 Å². The number of benzene rings is 2. The summed E-state index contributed by atoms with van der Waals surface area (Å²) in [5.74, 6) is 0.802. The molecular formula is C32H37IN2O5. The van der Waals surface area contributed by atoms with Gasteiger partial charge in [-0.25, -0.2) is 0 Å². The molecule has 40 heavy (non-hydrogen) atoms. The Hall–Kier alpha value is -1.58. The quantitative estimate of drug-likeness (QED) is 0.415. The molecule has 4 saturated carbocycles. The predicted octanol–water partition coefficient (Wildman–Crippen LogP) is 5.09. The number of hydrogen-bond acceptors (Lipinski definition) is 7. The van der Waals surface area contributed by atoms with Gasteiger partial charge in [0.05, 0.1) is 24.9 Å². The second-order valence-electron chi connectivity index (χ2n) is 12.6. The lowest BCUT2D eigenvalue weighted by atomic mass is 9.54. The lowest BCUT2D eigenvalue weighted by molar-refractivity contribution is -0.381. The number of fused-ring (bicyclic) bond motifs is 1. The number of nitriles is 1. The van der Waals surface area contributed by atoms with Gasteiger partial charge >= 0.3 is 0 Å². The lowest BCUT2D eigenvalue weighted by Gasteiger charge is -2.58. The minimum absolute atomic E-state index is 0.170. The second kappa shape index (κ2) is 10.9. The van der Waals surface area contributed by atoms with Crippen LogP contribution in [0, 0.1) is 32.7 Å². The molecule has 6 aliphatic rings. The van der Waals surface area contributed by atoms with E-state index in [-0.39, 0.29) is 12.2 Å². The molecule has 2 aliphatic heterocycles. The Balaban J connectivity index is 1.13. The summed E-state index contributed by atoms with van der Waals surface area (Å²) in [5, 5.41) is 10.2. The number of rotatable bonds is 7. The SMILES string of the molecule is N#C[C@@]1(Cc2ccccc2I)OC[C@H]2O[C@@H](OC34CC5CC(CC(C5)C3)C4)[C@@H](OCc3ccccc3)[C@@H](N)[C@@H]2O1. The first-order valence-electron chi connectivity index (χ1n) is 14.6. The van der Waals surface area contributed by atoms with Crippen LogP contribution in [0.1, 0.15) is 49.7 Å². The van der Waals surface area contributed by atoms with Gasteiger partial charge in [0.1, 0.15) is 24.4 Å². The number of hydrogen-bond donors (Lipinski definition) is 1. The summed E-state index contributed by atoms with van der Waals surface area (Å²) < 4.78 is 33.8. The van der Waals surface area contributed by atoms with Crippen molar-refractivity contribution >= 4 is 22.6 Å². The average Bonchev–Trinajstić information content (AvgIpc) is 2.94. The third kappa shape index (κ3) is 5.24. The van der Waals surface area contributed by atoms with Gasteiger partial charge in [0.15, 0.2) is 6.29 Å². The Morgan fingerprint density at radius 3 is 2.33 bits per heavy atom. The van der Waals surface area contributed by atoms with Crippen molar-refractivity contribution in [1.29, 1.82) is 5.26 Å². The van der Waals surface area contributed by atoms with Crippen LogP contribution in [0.15, 0.2) is 54.6 Å². The van der Waals surface area contributed by atoms with E-state index in [0.29, 0.717) is 13.0 Å². The molecule has 2 heterocycles. The van der Waals surface area contributed by atoms with E-state index in [2.05, 4.69) is 28.7 Å². The molecule has 2 aromatic carbocycles. The van der Waals surface area contributed by atoms with Crippen LogP contribution < -0.4 is 5.73 Å². The highest BCUT2D eigenvalue weighted by molar-refractivity contribution is 14.1. The van der Waals surface area contributed by atoms with Crippen LogP contribution in [0.25, 0.3) is 0 Å². The minimum atomic E-state index is -1.44. The largest absolute Gasteiger partial charge is 0.367 e. The fourth-order valence-electron chi connectivity index (χ4n) is 8.26. The zero-order chi connectivity index (χ0) is 27.3. The summed E-state index contributed by atoms with van der Waals surface area (Å²) in [6, 6.07) is 19.8. The van der Waals surface area contributed by atoms with Gasteiger partial charge in [0.25, 0.3) is 5.79 Å². The molecule has 2 aromatic rings. The summed E-state index contributed by atoms with van der Waals surface area (Å²) in [4.78, 5) is 0. The predicted molar refractivity (Wildman–Crippen MR) is 156 cm³/mol. The highest BCUT2D eigenvalue weighted by atomic mass is 127. The Kier molecular flexibility index (Phi) is 7.44. The molecule has 0 amide bonds. The fraction of sp³-hybridized carbons (Fsp3) is 0.594. The van der Waals surface area contributed by atoms with E-state index >= 15 is 0 Å². The first-order chi connectivity index (χ1) is 19.4. The Morgan fingerprint density at radius 2 is 1.65 bits per heavy atom. The number of nitrogens with two attached hydrogens (primary N) is 1. The highest BCUT2D eigenvalue weighted by Gasteiger charge is 2.58. The molecule has 6 fully saturated rings. The van der Waals surface area contributed by atoms with E-state index in [0.717, 1.165) is 51.7 Å². The van der Waals surface area contributed by atoms with Gasteiger partial charge in [0.2, 0.25) is 0 Å². The molecule has 2 N–H and O–H groups in total. The third-order valence-corrected chi connectivity index (χ3v) is 10.7. The minimum Gasteiger partial charge on any atom is -0.367 e. The van der Waals surface area contributed by atoms with Crippen molar-refractivity contribution < 1.29 is 23.7 Å². The van der Waals surface area contributed by atoms with Gasteiger partial charge in [-0.3, -0.25) is 0 Å². The maximum Gasteiger partial charge on any atom is 0.264 e. The van der Waals surface area contributed by atoms with Crippen LogP contribution in [0.2, 0.25) is 0 Å². The van der Waals surface area contributed by atoms with E-state index in [4.69, 9.17) is 29.4 Å². The van der Waals surface area contributed by atoms with Crippen LogP contribution in [-0.4, -0.2) is 48.6 Å².